The summed E-state index contributed by atoms with van der Waals surface area (Å²) >= 11 is 0. The van der Waals surface area contributed by atoms with Crippen molar-refractivity contribution in [3.63, 3.8) is 0 Å². The van der Waals surface area contributed by atoms with Crippen LogP contribution in [0.1, 0.15) is 23.3 Å². The molecule has 3 heterocycles. The summed E-state index contributed by atoms with van der Waals surface area (Å²) in [7, 11) is 0. The Hall–Kier alpha value is -2.44. The summed E-state index contributed by atoms with van der Waals surface area (Å²) in [6.45, 7) is 0.0956. The maximum atomic E-state index is 13.2. The summed E-state index contributed by atoms with van der Waals surface area (Å²) in [6, 6.07) is 5.04. The van der Waals surface area contributed by atoms with E-state index in [0.29, 0.717) is 11.3 Å². The standard InChI is InChI=1S/C15H14F2N4O/c16-15(17)4-6-21(7-5-15)14(22)13-3-1-2-12(20-13)11-8-18-10-19-9-11/h1-3,8-10H,4-7H2. The molecule has 0 bridgehead atoms. The van der Waals surface area contributed by atoms with Gasteiger partial charge in [-0.2, -0.15) is 0 Å². The second kappa shape index (κ2) is 5.75. The first kappa shape index (κ1) is 14.5. The monoisotopic (exact) mass is 304 g/mol. The van der Waals surface area contributed by atoms with Gasteiger partial charge in [0.25, 0.3) is 11.8 Å². The van der Waals surface area contributed by atoms with E-state index in [0.717, 1.165) is 0 Å². The zero-order valence-electron chi connectivity index (χ0n) is 11.7. The quantitative estimate of drug-likeness (QED) is 0.855. The number of rotatable bonds is 2. The second-order valence-corrected chi connectivity index (χ2v) is 5.18. The van der Waals surface area contributed by atoms with Crippen LogP contribution in [-0.4, -0.2) is 44.8 Å². The van der Waals surface area contributed by atoms with E-state index < -0.39 is 5.92 Å². The average Bonchev–Trinajstić information content (AvgIpc) is 2.55. The Morgan fingerprint density at radius 3 is 2.50 bits per heavy atom. The van der Waals surface area contributed by atoms with Crippen molar-refractivity contribution in [1.29, 1.82) is 0 Å². The molecule has 1 saturated heterocycles. The topological polar surface area (TPSA) is 59.0 Å². The van der Waals surface area contributed by atoms with Gasteiger partial charge in [0, 0.05) is 43.9 Å². The molecule has 0 atom stereocenters. The van der Waals surface area contributed by atoms with E-state index >= 15 is 0 Å². The van der Waals surface area contributed by atoms with Gasteiger partial charge in [-0.25, -0.2) is 23.7 Å². The summed E-state index contributed by atoms with van der Waals surface area (Å²) in [5, 5.41) is 0. The van der Waals surface area contributed by atoms with E-state index in [1.165, 1.54) is 11.2 Å². The molecule has 1 amide bonds. The van der Waals surface area contributed by atoms with Gasteiger partial charge >= 0.3 is 0 Å². The van der Waals surface area contributed by atoms with E-state index in [1.807, 2.05) is 0 Å². The van der Waals surface area contributed by atoms with Crippen molar-refractivity contribution < 1.29 is 13.6 Å². The lowest BCUT2D eigenvalue weighted by molar-refractivity contribution is -0.0495. The smallest absolute Gasteiger partial charge is 0.272 e. The van der Waals surface area contributed by atoms with E-state index in [-0.39, 0.29) is 37.5 Å². The largest absolute Gasteiger partial charge is 0.337 e. The number of pyridine rings is 1. The molecule has 0 N–H and O–H groups in total. The predicted octanol–water partition coefficient (Wildman–Crippen LogP) is 2.41. The second-order valence-electron chi connectivity index (χ2n) is 5.18. The highest BCUT2D eigenvalue weighted by Crippen LogP contribution is 2.28. The van der Waals surface area contributed by atoms with Gasteiger partial charge in [0.1, 0.15) is 12.0 Å². The maximum absolute atomic E-state index is 13.2. The van der Waals surface area contributed by atoms with Crippen molar-refractivity contribution in [3.8, 4) is 11.3 Å². The molecule has 0 aromatic carbocycles. The van der Waals surface area contributed by atoms with Crippen molar-refractivity contribution in [2.24, 2.45) is 0 Å². The number of amides is 1. The van der Waals surface area contributed by atoms with Gasteiger partial charge in [0.2, 0.25) is 0 Å². The van der Waals surface area contributed by atoms with E-state index in [4.69, 9.17) is 0 Å². The van der Waals surface area contributed by atoms with Gasteiger partial charge in [0.05, 0.1) is 5.69 Å². The first-order valence-electron chi connectivity index (χ1n) is 6.95. The highest BCUT2D eigenvalue weighted by molar-refractivity contribution is 5.92. The lowest BCUT2D eigenvalue weighted by atomic mass is 10.1. The Bertz CT molecular complexity index is 668. The third-order valence-electron chi connectivity index (χ3n) is 3.61. The summed E-state index contributed by atoms with van der Waals surface area (Å²) in [5.74, 6) is -3.00. The fourth-order valence-corrected chi connectivity index (χ4v) is 2.34. The minimum atomic E-state index is -2.67. The first-order valence-corrected chi connectivity index (χ1v) is 6.95. The van der Waals surface area contributed by atoms with Crippen LogP contribution in [0.5, 0.6) is 0 Å². The fraction of sp³-hybridized carbons (Fsp3) is 0.333. The highest BCUT2D eigenvalue weighted by atomic mass is 19.3. The van der Waals surface area contributed by atoms with Gasteiger partial charge in [-0.05, 0) is 12.1 Å². The molecule has 0 unspecified atom stereocenters. The molecule has 2 aromatic rings. The summed E-state index contributed by atoms with van der Waals surface area (Å²) in [6.07, 6.45) is 4.01. The SMILES string of the molecule is O=C(c1cccc(-c2cncnc2)n1)N1CCC(F)(F)CC1. The lowest BCUT2D eigenvalue weighted by Gasteiger charge is -2.31. The van der Waals surface area contributed by atoms with Crippen LogP contribution in [0.2, 0.25) is 0 Å². The fourth-order valence-electron chi connectivity index (χ4n) is 2.34. The zero-order valence-corrected chi connectivity index (χ0v) is 11.7. The summed E-state index contributed by atoms with van der Waals surface area (Å²) in [4.78, 5) is 25.9. The van der Waals surface area contributed by atoms with Crippen LogP contribution in [0.15, 0.2) is 36.9 Å². The van der Waals surface area contributed by atoms with Crippen LogP contribution in [0.25, 0.3) is 11.3 Å². The van der Waals surface area contributed by atoms with Crippen molar-refractivity contribution in [2.75, 3.05) is 13.1 Å². The molecule has 1 aliphatic heterocycles. The number of piperidine rings is 1. The Labute approximate surface area is 126 Å². The van der Waals surface area contributed by atoms with Crippen molar-refractivity contribution in [3.05, 3.63) is 42.6 Å². The number of likely N-dealkylation sites (tertiary alicyclic amines) is 1. The van der Waals surface area contributed by atoms with Gasteiger partial charge in [-0.1, -0.05) is 6.07 Å². The number of hydrogen-bond acceptors (Lipinski definition) is 4. The van der Waals surface area contributed by atoms with Crippen LogP contribution in [0.4, 0.5) is 8.78 Å². The average molecular weight is 304 g/mol. The number of aromatic nitrogens is 3. The number of hydrogen-bond donors (Lipinski definition) is 0. The van der Waals surface area contributed by atoms with Gasteiger partial charge in [0.15, 0.2) is 0 Å². The third kappa shape index (κ3) is 3.08. The Kier molecular flexibility index (Phi) is 3.79. The third-order valence-corrected chi connectivity index (χ3v) is 3.61. The molecule has 0 saturated carbocycles. The van der Waals surface area contributed by atoms with Crippen LogP contribution < -0.4 is 0 Å². The normalized spacial score (nSPS) is 17.3. The first-order chi connectivity index (χ1) is 10.6. The van der Waals surface area contributed by atoms with Crippen molar-refractivity contribution >= 4 is 5.91 Å². The van der Waals surface area contributed by atoms with Gasteiger partial charge in [-0.15, -0.1) is 0 Å². The minimum Gasteiger partial charge on any atom is -0.337 e. The molecule has 3 rings (SSSR count). The predicted molar refractivity (Wildman–Crippen MR) is 75.3 cm³/mol. The van der Waals surface area contributed by atoms with E-state index in [2.05, 4.69) is 15.0 Å². The zero-order chi connectivity index (χ0) is 15.6. The van der Waals surface area contributed by atoms with Crippen molar-refractivity contribution in [2.45, 2.75) is 18.8 Å². The molecule has 2 aromatic heterocycles. The number of alkyl halides is 2. The Morgan fingerprint density at radius 1 is 1.14 bits per heavy atom. The molecule has 0 radical (unpaired) electrons. The molecule has 1 aliphatic rings. The summed E-state index contributed by atoms with van der Waals surface area (Å²) < 4.78 is 26.3. The number of nitrogens with zero attached hydrogens (tertiary/aromatic N) is 4. The molecular formula is C15H14F2N4O. The highest BCUT2D eigenvalue weighted by Gasteiger charge is 2.36. The molecule has 0 aliphatic carbocycles. The van der Waals surface area contributed by atoms with Crippen LogP contribution in [-0.2, 0) is 0 Å². The number of carbonyl (C=O) groups excluding carboxylic acids is 1. The lowest BCUT2D eigenvalue weighted by Crippen LogP contribution is -2.43. The molecular weight excluding hydrogens is 290 g/mol. The Morgan fingerprint density at radius 2 is 1.82 bits per heavy atom. The van der Waals surface area contributed by atoms with Gasteiger partial charge < -0.3 is 4.90 Å². The van der Waals surface area contributed by atoms with Crippen LogP contribution >= 0.6 is 0 Å². The summed E-state index contributed by atoms with van der Waals surface area (Å²) in [5.41, 5.74) is 1.52. The molecule has 0 spiro atoms. The van der Waals surface area contributed by atoms with Crippen LogP contribution in [0, 0.1) is 0 Å². The van der Waals surface area contributed by atoms with Crippen LogP contribution in [0.3, 0.4) is 0 Å². The number of carbonyl (C=O) groups is 1. The van der Waals surface area contributed by atoms with E-state index in [9.17, 15) is 13.6 Å². The minimum absolute atomic E-state index is 0.0478. The number of halogens is 2. The molecule has 7 heteroatoms. The molecule has 22 heavy (non-hydrogen) atoms. The molecule has 114 valence electrons. The molecule has 5 nitrogen and oxygen atoms in total. The Balaban J connectivity index is 1.79. The molecule has 1 fully saturated rings. The van der Waals surface area contributed by atoms with Gasteiger partial charge in [-0.3, -0.25) is 4.79 Å². The van der Waals surface area contributed by atoms with Crippen molar-refractivity contribution in [1.82, 2.24) is 19.9 Å². The van der Waals surface area contributed by atoms with E-state index in [1.54, 1.807) is 30.6 Å². The maximum Gasteiger partial charge on any atom is 0.272 e.